The lowest BCUT2D eigenvalue weighted by Crippen LogP contribution is -2.22. The smallest absolute Gasteiger partial charge is 0.0402 e. The Kier molecular flexibility index (Phi) is 15.1. The van der Waals surface area contributed by atoms with Gasteiger partial charge in [0.05, 0.1) is 0 Å². The number of aliphatic hydroxyl groups excluding tert-OH is 1. The molecule has 2 heteroatoms. The summed E-state index contributed by atoms with van der Waals surface area (Å²) in [6.45, 7) is 14.4. The van der Waals surface area contributed by atoms with Crippen LogP contribution in [0.5, 0.6) is 0 Å². The number of nitrogens with zero attached hydrogens (tertiary/aromatic N) is 1. The molecule has 72 valence electrons. The lowest BCUT2D eigenvalue weighted by molar-refractivity contribution is 0.318. The molecule has 0 atom stereocenters. The Hall–Kier alpha value is -0.600. The summed E-state index contributed by atoms with van der Waals surface area (Å²) >= 11 is 0. The van der Waals surface area contributed by atoms with Crippen molar-refractivity contribution >= 4 is 0 Å². The SMILES string of the molecule is C=CCN(CC)CC=C.CCO. The first kappa shape index (κ1) is 14.0. The van der Waals surface area contributed by atoms with E-state index in [1.807, 2.05) is 12.2 Å². The van der Waals surface area contributed by atoms with E-state index in [1.165, 1.54) is 0 Å². The molecule has 0 aliphatic rings. The highest BCUT2D eigenvalue weighted by Crippen LogP contribution is 1.86. The van der Waals surface area contributed by atoms with Crippen molar-refractivity contribution in [3.63, 3.8) is 0 Å². The number of hydrogen-bond acceptors (Lipinski definition) is 2. The van der Waals surface area contributed by atoms with Crippen molar-refractivity contribution in [3.8, 4) is 0 Å². The molecule has 0 bridgehead atoms. The fourth-order valence-electron chi connectivity index (χ4n) is 0.698. The Morgan fingerprint density at radius 3 is 1.67 bits per heavy atom. The zero-order valence-corrected chi connectivity index (χ0v) is 8.29. The van der Waals surface area contributed by atoms with Crippen molar-refractivity contribution in [1.82, 2.24) is 4.90 Å². The van der Waals surface area contributed by atoms with Gasteiger partial charge in [-0.25, -0.2) is 0 Å². The summed E-state index contributed by atoms with van der Waals surface area (Å²) in [5.41, 5.74) is 0. The average Bonchev–Trinajstić information content (AvgIpc) is 2.05. The van der Waals surface area contributed by atoms with Crippen LogP contribution in [0.15, 0.2) is 25.3 Å². The molecule has 0 unspecified atom stereocenters. The van der Waals surface area contributed by atoms with Gasteiger partial charge >= 0.3 is 0 Å². The number of aliphatic hydroxyl groups is 1. The maximum absolute atomic E-state index is 7.57. The van der Waals surface area contributed by atoms with E-state index in [2.05, 4.69) is 25.0 Å². The standard InChI is InChI=1S/C8H15N.C2H6O/c1-4-7-9(6-3)8-5-2;1-2-3/h4-5H,1-2,6-8H2,3H3;3H,2H2,1H3. The summed E-state index contributed by atoms with van der Waals surface area (Å²) in [4.78, 5) is 2.25. The molecule has 2 nitrogen and oxygen atoms in total. The second-order valence-electron chi connectivity index (χ2n) is 2.25. The zero-order valence-electron chi connectivity index (χ0n) is 8.29. The maximum atomic E-state index is 7.57. The fourth-order valence-corrected chi connectivity index (χ4v) is 0.698. The van der Waals surface area contributed by atoms with Gasteiger partial charge in [-0.05, 0) is 13.5 Å². The Morgan fingerprint density at radius 2 is 1.50 bits per heavy atom. The predicted octanol–water partition coefficient (Wildman–Crippen LogP) is 1.68. The molecule has 0 aromatic carbocycles. The highest BCUT2D eigenvalue weighted by atomic mass is 16.2. The third kappa shape index (κ3) is 12.1. The zero-order chi connectivity index (χ0) is 9.82. The van der Waals surface area contributed by atoms with Crippen molar-refractivity contribution in [2.45, 2.75) is 13.8 Å². The van der Waals surface area contributed by atoms with Crippen LogP contribution >= 0.6 is 0 Å². The van der Waals surface area contributed by atoms with Crippen molar-refractivity contribution in [1.29, 1.82) is 0 Å². The van der Waals surface area contributed by atoms with E-state index in [4.69, 9.17) is 5.11 Å². The highest BCUT2D eigenvalue weighted by Gasteiger charge is 1.92. The minimum Gasteiger partial charge on any atom is -0.397 e. The Labute approximate surface area is 76.2 Å². The predicted molar refractivity (Wildman–Crippen MR) is 55.3 cm³/mol. The van der Waals surface area contributed by atoms with Gasteiger partial charge in [-0.1, -0.05) is 19.1 Å². The van der Waals surface area contributed by atoms with E-state index in [0.29, 0.717) is 0 Å². The molecule has 0 heterocycles. The Balaban J connectivity index is 0. The van der Waals surface area contributed by atoms with E-state index in [1.54, 1.807) is 6.92 Å². The molecule has 0 rings (SSSR count). The molecular weight excluding hydrogens is 150 g/mol. The van der Waals surface area contributed by atoms with Gasteiger partial charge in [0.25, 0.3) is 0 Å². The van der Waals surface area contributed by atoms with Crippen molar-refractivity contribution in [3.05, 3.63) is 25.3 Å². The molecule has 0 radical (unpaired) electrons. The molecule has 0 saturated carbocycles. The van der Waals surface area contributed by atoms with Crippen LogP contribution in [0.4, 0.5) is 0 Å². The molecule has 0 aromatic heterocycles. The summed E-state index contributed by atoms with van der Waals surface area (Å²) in [5.74, 6) is 0. The number of likely N-dealkylation sites (N-methyl/N-ethyl adjacent to an activating group) is 1. The topological polar surface area (TPSA) is 23.5 Å². The van der Waals surface area contributed by atoms with Gasteiger partial charge in [0.2, 0.25) is 0 Å². The maximum Gasteiger partial charge on any atom is 0.0402 e. The van der Waals surface area contributed by atoms with E-state index in [-0.39, 0.29) is 6.61 Å². The van der Waals surface area contributed by atoms with E-state index in [0.717, 1.165) is 19.6 Å². The van der Waals surface area contributed by atoms with Gasteiger partial charge in [0, 0.05) is 19.7 Å². The molecule has 0 spiro atoms. The van der Waals surface area contributed by atoms with Crippen LogP contribution in [0.1, 0.15) is 13.8 Å². The molecule has 0 aromatic rings. The van der Waals surface area contributed by atoms with Crippen LogP contribution in [0, 0.1) is 0 Å². The number of rotatable bonds is 5. The molecule has 0 aliphatic carbocycles. The van der Waals surface area contributed by atoms with Crippen LogP contribution in [-0.2, 0) is 0 Å². The first-order chi connectivity index (χ1) is 5.76. The fraction of sp³-hybridized carbons (Fsp3) is 0.600. The minimum absolute atomic E-state index is 0.250. The molecule has 0 aliphatic heterocycles. The quantitative estimate of drug-likeness (QED) is 0.636. The van der Waals surface area contributed by atoms with Crippen LogP contribution in [0.25, 0.3) is 0 Å². The highest BCUT2D eigenvalue weighted by molar-refractivity contribution is 4.78. The molecule has 1 N–H and O–H groups in total. The molecular formula is C10H21NO. The normalized spacial score (nSPS) is 8.67. The van der Waals surface area contributed by atoms with Crippen molar-refractivity contribution in [2.75, 3.05) is 26.2 Å². The van der Waals surface area contributed by atoms with Crippen molar-refractivity contribution in [2.24, 2.45) is 0 Å². The molecule has 12 heavy (non-hydrogen) atoms. The summed E-state index contributed by atoms with van der Waals surface area (Å²) in [5, 5.41) is 7.57. The first-order valence-corrected chi connectivity index (χ1v) is 4.31. The van der Waals surface area contributed by atoms with Gasteiger partial charge in [-0.15, -0.1) is 13.2 Å². The van der Waals surface area contributed by atoms with Gasteiger partial charge in [-0.2, -0.15) is 0 Å². The summed E-state index contributed by atoms with van der Waals surface area (Å²) < 4.78 is 0. The van der Waals surface area contributed by atoms with Crippen LogP contribution in [0.2, 0.25) is 0 Å². The minimum atomic E-state index is 0.250. The number of hydrogen-bond donors (Lipinski definition) is 1. The molecule has 0 fully saturated rings. The van der Waals surface area contributed by atoms with Crippen molar-refractivity contribution < 1.29 is 5.11 Å². The molecule has 0 amide bonds. The van der Waals surface area contributed by atoms with Gasteiger partial charge in [-0.3, -0.25) is 4.90 Å². The summed E-state index contributed by atoms with van der Waals surface area (Å²) in [7, 11) is 0. The van der Waals surface area contributed by atoms with Gasteiger partial charge < -0.3 is 5.11 Å². The largest absolute Gasteiger partial charge is 0.397 e. The van der Waals surface area contributed by atoms with E-state index < -0.39 is 0 Å². The van der Waals surface area contributed by atoms with Gasteiger partial charge in [0.15, 0.2) is 0 Å². The monoisotopic (exact) mass is 171 g/mol. The average molecular weight is 171 g/mol. The van der Waals surface area contributed by atoms with Gasteiger partial charge in [0.1, 0.15) is 0 Å². The lowest BCUT2D eigenvalue weighted by atomic mass is 10.4. The van der Waals surface area contributed by atoms with Crippen LogP contribution in [0.3, 0.4) is 0 Å². The van der Waals surface area contributed by atoms with E-state index in [9.17, 15) is 0 Å². The second-order valence-corrected chi connectivity index (χ2v) is 2.25. The summed E-state index contributed by atoms with van der Waals surface area (Å²) in [6, 6.07) is 0. The molecule has 0 saturated heterocycles. The van der Waals surface area contributed by atoms with Crippen LogP contribution in [-0.4, -0.2) is 36.2 Å². The second kappa shape index (κ2) is 13.0. The third-order valence-corrected chi connectivity index (χ3v) is 1.22. The summed E-state index contributed by atoms with van der Waals surface area (Å²) in [6.07, 6.45) is 3.82. The van der Waals surface area contributed by atoms with Crippen LogP contribution < -0.4 is 0 Å². The third-order valence-electron chi connectivity index (χ3n) is 1.22. The Bertz CT molecular complexity index is 92.0. The Morgan fingerprint density at radius 1 is 1.17 bits per heavy atom. The van der Waals surface area contributed by atoms with E-state index >= 15 is 0 Å². The lowest BCUT2D eigenvalue weighted by Gasteiger charge is -2.14. The first-order valence-electron chi connectivity index (χ1n) is 4.31.